The van der Waals surface area contributed by atoms with Gasteiger partial charge in [0.2, 0.25) is 5.13 Å². The lowest BCUT2D eigenvalue weighted by Crippen LogP contribution is -2.19. The van der Waals surface area contributed by atoms with Gasteiger partial charge in [-0.05, 0) is 36.8 Å². The third-order valence-electron chi connectivity index (χ3n) is 3.76. The lowest BCUT2D eigenvalue weighted by molar-refractivity contribution is 0.771. The zero-order valence-corrected chi connectivity index (χ0v) is 10.9. The van der Waals surface area contributed by atoms with Crippen LogP contribution in [0.3, 0.4) is 0 Å². The summed E-state index contributed by atoms with van der Waals surface area (Å²) in [6, 6.07) is 9.19. The molecule has 18 heavy (non-hydrogen) atoms. The first-order valence-corrected chi connectivity index (χ1v) is 7.33. The number of hydrogen-bond acceptors (Lipinski definition) is 4. The normalized spacial score (nSPS) is 18.9. The monoisotopic (exact) mass is 257 g/mol. The van der Waals surface area contributed by atoms with Crippen molar-refractivity contribution in [3.05, 3.63) is 41.2 Å². The molecule has 92 valence electrons. The molecule has 2 aromatic rings. The highest BCUT2D eigenvalue weighted by Crippen LogP contribution is 2.39. The van der Waals surface area contributed by atoms with Crippen LogP contribution in [0, 0.1) is 0 Å². The number of nitrogens with one attached hydrogen (secondary N) is 1. The van der Waals surface area contributed by atoms with Gasteiger partial charge < -0.3 is 5.32 Å². The van der Waals surface area contributed by atoms with Crippen LogP contribution in [0.4, 0.5) is 5.13 Å². The van der Waals surface area contributed by atoms with E-state index in [2.05, 4.69) is 38.9 Å². The molecule has 1 saturated carbocycles. The third kappa shape index (κ3) is 1.90. The first kappa shape index (κ1) is 10.5. The van der Waals surface area contributed by atoms with Crippen LogP contribution in [0.25, 0.3) is 0 Å². The van der Waals surface area contributed by atoms with Gasteiger partial charge in [0.05, 0.1) is 0 Å². The fourth-order valence-corrected chi connectivity index (χ4v) is 3.36. The van der Waals surface area contributed by atoms with Crippen LogP contribution >= 0.6 is 11.5 Å². The third-order valence-corrected chi connectivity index (χ3v) is 4.42. The summed E-state index contributed by atoms with van der Waals surface area (Å²) in [5.74, 6) is 1.70. The molecular weight excluding hydrogens is 242 g/mol. The molecular formula is C14H15N3S. The van der Waals surface area contributed by atoms with E-state index in [-0.39, 0.29) is 0 Å². The molecule has 0 radical (unpaired) electrons. The fraction of sp³-hybridized carbons (Fsp3) is 0.429. The van der Waals surface area contributed by atoms with Gasteiger partial charge in [-0.3, -0.25) is 0 Å². The van der Waals surface area contributed by atoms with Crippen molar-refractivity contribution in [2.45, 2.75) is 37.6 Å². The average Bonchev–Trinajstić information content (AvgIpc) is 2.99. The summed E-state index contributed by atoms with van der Waals surface area (Å²) >= 11 is 1.51. The lowest BCUT2D eigenvalue weighted by atomic mass is 10.1. The molecule has 1 aromatic heterocycles. The molecule has 4 rings (SSSR count). The van der Waals surface area contributed by atoms with E-state index < -0.39 is 0 Å². The standard InChI is InChI=1S/C14H15N3S/c1-2-4-11-8-12(7-10(11)3-1)15-14-16-13(17-18-14)9-5-6-9/h1-4,9,12H,5-8H2,(H,15,16,17). The number of hydrogen-bond donors (Lipinski definition) is 1. The van der Waals surface area contributed by atoms with Crippen molar-refractivity contribution in [3.63, 3.8) is 0 Å². The van der Waals surface area contributed by atoms with E-state index >= 15 is 0 Å². The second kappa shape index (κ2) is 4.05. The number of fused-ring (bicyclic) bond motifs is 1. The highest BCUT2D eigenvalue weighted by atomic mass is 32.1. The van der Waals surface area contributed by atoms with Crippen LogP contribution in [0.2, 0.25) is 0 Å². The van der Waals surface area contributed by atoms with Gasteiger partial charge in [0, 0.05) is 23.5 Å². The van der Waals surface area contributed by atoms with Gasteiger partial charge in [-0.1, -0.05) is 24.3 Å². The fourth-order valence-electron chi connectivity index (χ4n) is 2.64. The van der Waals surface area contributed by atoms with Crippen LogP contribution in [0.5, 0.6) is 0 Å². The first-order valence-electron chi connectivity index (χ1n) is 6.55. The molecule has 2 aliphatic carbocycles. The number of nitrogens with zero attached hydrogens (tertiary/aromatic N) is 2. The Morgan fingerprint density at radius 3 is 2.50 bits per heavy atom. The maximum Gasteiger partial charge on any atom is 0.202 e. The number of benzene rings is 1. The summed E-state index contributed by atoms with van der Waals surface area (Å²) in [6.07, 6.45) is 4.75. The Morgan fingerprint density at radius 1 is 1.11 bits per heavy atom. The number of aromatic nitrogens is 2. The molecule has 1 N–H and O–H groups in total. The summed E-state index contributed by atoms with van der Waals surface area (Å²) in [7, 11) is 0. The first-order chi connectivity index (χ1) is 8.88. The summed E-state index contributed by atoms with van der Waals surface area (Å²) < 4.78 is 4.44. The highest BCUT2D eigenvalue weighted by molar-refractivity contribution is 7.09. The van der Waals surface area contributed by atoms with Crippen molar-refractivity contribution >= 4 is 16.7 Å². The van der Waals surface area contributed by atoms with Crippen molar-refractivity contribution in [2.75, 3.05) is 5.32 Å². The van der Waals surface area contributed by atoms with Gasteiger partial charge >= 0.3 is 0 Å². The van der Waals surface area contributed by atoms with Crippen molar-refractivity contribution in [1.29, 1.82) is 0 Å². The molecule has 1 fully saturated rings. The topological polar surface area (TPSA) is 37.8 Å². The van der Waals surface area contributed by atoms with Crippen molar-refractivity contribution in [1.82, 2.24) is 9.36 Å². The molecule has 0 aliphatic heterocycles. The molecule has 0 saturated heterocycles. The van der Waals surface area contributed by atoms with E-state index in [1.54, 1.807) is 0 Å². The Morgan fingerprint density at radius 2 is 1.83 bits per heavy atom. The number of rotatable bonds is 3. The molecule has 1 heterocycles. The molecule has 0 bridgehead atoms. The minimum absolute atomic E-state index is 0.488. The second-order valence-electron chi connectivity index (χ2n) is 5.25. The predicted molar refractivity (Wildman–Crippen MR) is 73.1 cm³/mol. The largest absolute Gasteiger partial charge is 0.357 e. The van der Waals surface area contributed by atoms with E-state index in [1.807, 2.05) is 0 Å². The Balaban J connectivity index is 1.46. The average molecular weight is 257 g/mol. The highest BCUT2D eigenvalue weighted by Gasteiger charge is 2.28. The maximum atomic E-state index is 4.59. The Labute approximate surface area is 110 Å². The van der Waals surface area contributed by atoms with E-state index in [1.165, 1.54) is 35.5 Å². The summed E-state index contributed by atoms with van der Waals surface area (Å²) in [6.45, 7) is 0. The summed E-state index contributed by atoms with van der Waals surface area (Å²) in [5, 5.41) is 4.53. The minimum atomic E-state index is 0.488. The smallest absolute Gasteiger partial charge is 0.202 e. The Bertz CT molecular complexity index is 549. The van der Waals surface area contributed by atoms with Crippen LogP contribution in [-0.4, -0.2) is 15.4 Å². The predicted octanol–water partition coefficient (Wildman–Crippen LogP) is 2.99. The van der Waals surface area contributed by atoms with Gasteiger partial charge in [0.15, 0.2) is 0 Å². The van der Waals surface area contributed by atoms with Crippen molar-refractivity contribution in [3.8, 4) is 0 Å². The molecule has 0 amide bonds. The minimum Gasteiger partial charge on any atom is -0.357 e. The zero-order valence-electron chi connectivity index (χ0n) is 10.1. The maximum absolute atomic E-state index is 4.59. The quantitative estimate of drug-likeness (QED) is 0.918. The number of anilines is 1. The molecule has 0 unspecified atom stereocenters. The molecule has 0 atom stereocenters. The van der Waals surface area contributed by atoms with Crippen molar-refractivity contribution < 1.29 is 0 Å². The van der Waals surface area contributed by atoms with Gasteiger partial charge in [0.1, 0.15) is 5.82 Å². The van der Waals surface area contributed by atoms with Crippen molar-refractivity contribution in [2.24, 2.45) is 0 Å². The van der Waals surface area contributed by atoms with E-state index in [0.717, 1.165) is 23.8 Å². The zero-order chi connectivity index (χ0) is 11.9. The van der Waals surface area contributed by atoms with Gasteiger partial charge in [-0.25, -0.2) is 4.98 Å². The molecule has 2 aliphatic rings. The van der Waals surface area contributed by atoms with E-state index in [4.69, 9.17) is 0 Å². The molecule has 1 aromatic carbocycles. The molecule has 3 nitrogen and oxygen atoms in total. The Kier molecular flexibility index (Phi) is 2.36. The lowest BCUT2D eigenvalue weighted by Gasteiger charge is -2.09. The van der Waals surface area contributed by atoms with E-state index in [9.17, 15) is 0 Å². The Hall–Kier alpha value is -1.42. The van der Waals surface area contributed by atoms with Gasteiger partial charge in [-0.2, -0.15) is 4.37 Å². The second-order valence-corrected chi connectivity index (χ2v) is 6.00. The molecule has 4 heteroatoms. The van der Waals surface area contributed by atoms with Gasteiger partial charge in [0.25, 0.3) is 0 Å². The van der Waals surface area contributed by atoms with E-state index in [0.29, 0.717) is 12.0 Å². The van der Waals surface area contributed by atoms with Crippen LogP contribution in [0.1, 0.15) is 35.7 Å². The molecule has 0 spiro atoms. The van der Waals surface area contributed by atoms with Crippen LogP contribution in [0.15, 0.2) is 24.3 Å². The van der Waals surface area contributed by atoms with Gasteiger partial charge in [-0.15, -0.1) is 0 Å². The van der Waals surface area contributed by atoms with Crippen LogP contribution in [-0.2, 0) is 12.8 Å². The summed E-state index contributed by atoms with van der Waals surface area (Å²) in [4.78, 5) is 4.59. The SMILES string of the molecule is c1ccc2c(c1)CC(Nc1nc(C3CC3)ns1)C2. The van der Waals surface area contributed by atoms with Crippen LogP contribution < -0.4 is 5.32 Å². The summed E-state index contributed by atoms with van der Waals surface area (Å²) in [5.41, 5.74) is 2.95.